The number of nitrogens with one attached hydrogen (secondary N) is 2. The van der Waals surface area contributed by atoms with E-state index in [0.29, 0.717) is 19.0 Å². The Morgan fingerprint density at radius 3 is 2.59 bits per heavy atom. The largest absolute Gasteiger partial charge is 0.489 e. The third-order valence-electron chi connectivity index (χ3n) is 3.79. The van der Waals surface area contributed by atoms with Crippen LogP contribution in [0.15, 0.2) is 58.4 Å². The van der Waals surface area contributed by atoms with E-state index in [1.54, 1.807) is 19.2 Å². The summed E-state index contributed by atoms with van der Waals surface area (Å²) in [6.07, 6.45) is -0.0592. The molecule has 1 unspecified atom stereocenters. The van der Waals surface area contributed by atoms with E-state index in [4.69, 9.17) is 9.88 Å². The molecule has 2 aromatic carbocycles. The number of benzene rings is 2. The third kappa shape index (κ3) is 6.92. The zero-order chi connectivity index (χ0) is 19.9. The molecule has 4 N–H and O–H groups in total. The lowest BCUT2D eigenvalue weighted by molar-refractivity contribution is 0.223. The molecule has 1 atom stereocenters. The molecule has 0 aliphatic rings. The van der Waals surface area contributed by atoms with Crippen molar-refractivity contribution >= 4 is 16.0 Å². The highest BCUT2D eigenvalue weighted by Crippen LogP contribution is 2.14. The second-order valence-corrected chi connectivity index (χ2v) is 7.81. The first-order valence-corrected chi connectivity index (χ1v) is 10.1. The molecule has 2 aromatic rings. The highest BCUT2D eigenvalue weighted by molar-refractivity contribution is 7.89. The van der Waals surface area contributed by atoms with E-state index in [1.807, 2.05) is 44.2 Å². The zero-order valence-electron chi connectivity index (χ0n) is 15.8. The molecule has 0 radical (unpaired) electrons. The van der Waals surface area contributed by atoms with Crippen LogP contribution in [0.25, 0.3) is 0 Å². The summed E-state index contributed by atoms with van der Waals surface area (Å²) in [5.74, 6) is 1.42. The lowest BCUT2D eigenvalue weighted by Crippen LogP contribution is -2.41. The molecule has 0 bridgehead atoms. The standard InChI is InChI=1S/C19H26N4O3S/c1-14-6-4-8-17(10-14)26-15(2)12-22-19(21-3)23-13-16-7-5-9-18(11-16)27(20,24)25/h4-11,15H,12-13H2,1-3H3,(H2,20,24,25)(H2,21,22,23). The number of guanidine groups is 1. The molecule has 0 amide bonds. The molecule has 0 aliphatic heterocycles. The van der Waals surface area contributed by atoms with Crippen LogP contribution in [0, 0.1) is 6.92 Å². The quantitative estimate of drug-likeness (QED) is 0.494. The van der Waals surface area contributed by atoms with Gasteiger partial charge in [0.05, 0.1) is 11.4 Å². The topological polar surface area (TPSA) is 106 Å². The van der Waals surface area contributed by atoms with Crippen LogP contribution in [0.2, 0.25) is 0 Å². The first-order valence-electron chi connectivity index (χ1n) is 8.57. The van der Waals surface area contributed by atoms with Gasteiger partial charge >= 0.3 is 0 Å². The van der Waals surface area contributed by atoms with Gasteiger partial charge < -0.3 is 15.4 Å². The SMILES string of the molecule is CN=C(NCc1cccc(S(N)(=O)=O)c1)NCC(C)Oc1cccc(C)c1. The van der Waals surface area contributed by atoms with Crippen LogP contribution >= 0.6 is 0 Å². The number of hydrogen-bond donors (Lipinski definition) is 3. The minimum Gasteiger partial charge on any atom is -0.489 e. The Balaban J connectivity index is 1.85. The lowest BCUT2D eigenvalue weighted by Gasteiger charge is -2.18. The van der Waals surface area contributed by atoms with E-state index < -0.39 is 10.0 Å². The molecule has 0 heterocycles. The number of aryl methyl sites for hydroxylation is 1. The summed E-state index contributed by atoms with van der Waals surface area (Å²) in [6.45, 7) is 4.96. The summed E-state index contributed by atoms with van der Waals surface area (Å²) in [5.41, 5.74) is 1.93. The molecule has 0 saturated carbocycles. The molecule has 8 heteroatoms. The van der Waals surface area contributed by atoms with Crippen LogP contribution in [0.5, 0.6) is 5.75 Å². The lowest BCUT2D eigenvalue weighted by atomic mass is 10.2. The summed E-state index contributed by atoms with van der Waals surface area (Å²) in [5, 5.41) is 11.5. The monoisotopic (exact) mass is 390 g/mol. The minimum absolute atomic E-state index is 0.0592. The molecule has 0 spiro atoms. The third-order valence-corrected chi connectivity index (χ3v) is 4.71. The van der Waals surface area contributed by atoms with E-state index in [-0.39, 0.29) is 11.0 Å². The van der Waals surface area contributed by atoms with Crippen LogP contribution in [0.1, 0.15) is 18.1 Å². The Bertz CT molecular complexity index is 897. The summed E-state index contributed by atoms with van der Waals surface area (Å²) in [4.78, 5) is 4.25. The summed E-state index contributed by atoms with van der Waals surface area (Å²) in [6, 6.07) is 14.4. The van der Waals surface area contributed by atoms with E-state index in [1.165, 1.54) is 6.07 Å². The van der Waals surface area contributed by atoms with Crippen molar-refractivity contribution in [2.75, 3.05) is 13.6 Å². The van der Waals surface area contributed by atoms with E-state index in [0.717, 1.165) is 16.9 Å². The maximum atomic E-state index is 11.4. The van der Waals surface area contributed by atoms with Gasteiger partial charge in [0.25, 0.3) is 0 Å². The normalized spacial score (nSPS) is 13.1. The predicted octanol–water partition coefficient (Wildman–Crippen LogP) is 1.77. The van der Waals surface area contributed by atoms with Crippen molar-refractivity contribution in [3.05, 3.63) is 59.7 Å². The molecular weight excluding hydrogens is 364 g/mol. The van der Waals surface area contributed by atoms with E-state index in [2.05, 4.69) is 15.6 Å². The van der Waals surface area contributed by atoms with Crippen LogP contribution in [-0.4, -0.2) is 34.1 Å². The number of primary sulfonamides is 1. The van der Waals surface area contributed by atoms with Crippen molar-refractivity contribution in [2.24, 2.45) is 10.1 Å². The van der Waals surface area contributed by atoms with Gasteiger partial charge in [-0.2, -0.15) is 0 Å². The first kappa shape index (κ1) is 20.7. The average molecular weight is 391 g/mol. The van der Waals surface area contributed by atoms with Crippen molar-refractivity contribution in [3.8, 4) is 5.75 Å². The molecule has 0 aromatic heterocycles. The van der Waals surface area contributed by atoms with Gasteiger partial charge in [0.15, 0.2) is 5.96 Å². The highest BCUT2D eigenvalue weighted by atomic mass is 32.2. The number of sulfonamides is 1. The van der Waals surface area contributed by atoms with Crippen molar-refractivity contribution < 1.29 is 13.2 Å². The van der Waals surface area contributed by atoms with Crippen molar-refractivity contribution in [2.45, 2.75) is 31.4 Å². The van der Waals surface area contributed by atoms with Crippen LogP contribution in [0.4, 0.5) is 0 Å². The maximum absolute atomic E-state index is 11.4. The molecule has 27 heavy (non-hydrogen) atoms. The molecule has 7 nitrogen and oxygen atoms in total. The fourth-order valence-electron chi connectivity index (χ4n) is 2.44. The van der Waals surface area contributed by atoms with Gasteiger partial charge in [-0.25, -0.2) is 13.6 Å². The number of rotatable bonds is 7. The number of aliphatic imine (C=N–C) groups is 1. The van der Waals surface area contributed by atoms with Crippen LogP contribution in [0.3, 0.4) is 0 Å². The number of ether oxygens (including phenoxy) is 1. The van der Waals surface area contributed by atoms with Gasteiger partial charge in [0, 0.05) is 13.6 Å². The minimum atomic E-state index is -3.71. The predicted molar refractivity (Wildman–Crippen MR) is 107 cm³/mol. The zero-order valence-corrected chi connectivity index (χ0v) is 16.6. The Morgan fingerprint density at radius 1 is 1.19 bits per heavy atom. The first-order chi connectivity index (χ1) is 12.8. The van der Waals surface area contributed by atoms with Crippen molar-refractivity contribution in [1.29, 1.82) is 0 Å². The summed E-state index contributed by atoms with van der Waals surface area (Å²) < 4.78 is 28.8. The van der Waals surface area contributed by atoms with Crippen LogP contribution in [-0.2, 0) is 16.6 Å². The van der Waals surface area contributed by atoms with Gasteiger partial charge in [0.2, 0.25) is 10.0 Å². The fraction of sp³-hybridized carbons (Fsp3) is 0.316. The van der Waals surface area contributed by atoms with Gasteiger partial charge in [-0.1, -0.05) is 24.3 Å². The fourth-order valence-corrected chi connectivity index (χ4v) is 3.03. The summed E-state index contributed by atoms with van der Waals surface area (Å²) in [7, 11) is -2.05. The van der Waals surface area contributed by atoms with Crippen molar-refractivity contribution in [1.82, 2.24) is 10.6 Å². The van der Waals surface area contributed by atoms with Crippen molar-refractivity contribution in [3.63, 3.8) is 0 Å². The Hall–Kier alpha value is -2.58. The van der Waals surface area contributed by atoms with Gasteiger partial charge in [0.1, 0.15) is 11.9 Å². The maximum Gasteiger partial charge on any atom is 0.238 e. The smallest absolute Gasteiger partial charge is 0.238 e. The second kappa shape index (κ2) is 9.38. The second-order valence-electron chi connectivity index (χ2n) is 6.24. The van der Waals surface area contributed by atoms with Gasteiger partial charge in [-0.15, -0.1) is 0 Å². The van der Waals surface area contributed by atoms with Gasteiger partial charge in [-0.3, -0.25) is 4.99 Å². The molecule has 2 rings (SSSR count). The molecule has 0 fully saturated rings. The highest BCUT2D eigenvalue weighted by Gasteiger charge is 2.09. The van der Waals surface area contributed by atoms with E-state index in [9.17, 15) is 8.42 Å². The molecule has 0 aliphatic carbocycles. The Morgan fingerprint density at radius 2 is 1.93 bits per heavy atom. The molecular formula is C19H26N4O3S. The van der Waals surface area contributed by atoms with E-state index >= 15 is 0 Å². The Labute approximate surface area is 160 Å². The Kier molecular flexibility index (Phi) is 7.20. The van der Waals surface area contributed by atoms with Gasteiger partial charge in [-0.05, 0) is 49.2 Å². The summed E-state index contributed by atoms with van der Waals surface area (Å²) >= 11 is 0. The molecule has 146 valence electrons. The van der Waals surface area contributed by atoms with Crippen LogP contribution < -0.4 is 20.5 Å². The average Bonchev–Trinajstić information content (AvgIpc) is 2.61. The number of nitrogens with zero attached hydrogens (tertiary/aromatic N) is 1. The number of nitrogens with two attached hydrogens (primary N) is 1. The number of hydrogen-bond acceptors (Lipinski definition) is 4. The molecule has 0 saturated heterocycles.